The number of carbonyl (C=O) groups is 1. The summed E-state index contributed by atoms with van der Waals surface area (Å²) in [4.78, 5) is 25.7. The first kappa shape index (κ1) is 24.8. The van der Waals surface area contributed by atoms with E-state index in [9.17, 15) is 9.59 Å². The number of hydrogen-bond donors (Lipinski definition) is 2. The predicted molar refractivity (Wildman–Crippen MR) is 124 cm³/mol. The van der Waals surface area contributed by atoms with Crippen molar-refractivity contribution in [2.24, 2.45) is 5.92 Å². The van der Waals surface area contributed by atoms with Gasteiger partial charge >= 0.3 is 0 Å². The van der Waals surface area contributed by atoms with Crippen molar-refractivity contribution in [1.82, 2.24) is 15.2 Å². The predicted octanol–water partition coefficient (Wildman–Crippen LogP) is 2.57. The molecule has 0 aliphatic carbocycles. The summed E-state index contributed by atoms with van der Waals surface area (Å²) < 4.78 is 12.2. The molecule has 1 aliphatic heterocycles. The minimum Gasteiger partial charge on any atom is -0.493 e. The molecule has 0 atom stereocenters. The lowest BCUT2D eigenvalue weighted by atomic mass is 9.98. The van der Waals surface area contributed by atoms with Gasteiger partial charge in [0, 0.05) is 19.3 Å². The molecule has 1 aliphatic rings. The van der Waals surface area contributed by atoms with E-state index in [1.807, 2.05) is 24.3 Å². The van der Waals surface area contributed by atoms with Gasteiger partial charge in [-0.05, 0) is 74.5 Å². The largest absolute Gasteiger partial charge is 0.493 e. The van der Waals surface area contributed by atoms with E-state index in [1.165, 1.54) is 0 Å². The Morgan fingerprint density at radius 3 is 2.55 bits per heavy atom. The van der Waals surface area contributed by atoms with Crippen LogP contribution in [0.15, 0.2) is 35.3 Å². The van der Waals surface area contributed by atoms with Gasteiger partial charge in [-0.1, -0.05) is 6.07 Å². The van der Waals surface area contributed by atoms with E-state index in [4.69, 9.17) is 9.47 Å². The van der Waals surface area contributed by atoms with E-state index in [2.05, 4.69) is 10.6 Å². The third-order valence-electron chi connectivity index (χ3n) is 5.70. The maximum Gasteiger partial charge on any atom is 0.263 e. The van der Waals surface area contributed by atoms with Crippen molar-refractivity contribution < 1.29 is 14.3 Å². The zero-order valence-electron chi connectivity index (χ0n) is 18.4. The molecule has 1 aromatic heterocycles. The van der Waals surface area contributed by atoms with Crippen LogP contribution in [0.1, 0.15) is 34.3 Å². The lowest BCUT2D eigenvalue weighted by molar-refractivity contribution is 0.0941. The van der Waals surface area contributed by atoms with Crippen LogP contribution >= 0.6 is 12.4 Å². The van der Waals surface area contributed by atoms with Gasteiger partial charge in [0.15, 0.2) is 11.5 Å². The highest BCUT2D eigenvalue weighted by Crippen LogP contribution is 2.27. The average molecular weight is 450 g/mol. The first-order chi connectivity index (χ1) is 14.5. The van der Waals surface area contributed by atoms with Crippen LogP contribution in [0.2, 0.25) is 0 Å². The molecule has 0 saturated carbocycles. The van der Waals surface area contributed by atoms with Crippen molar-refractivity contribution in [3.8, 4) is 11.5 Å². The Balaban J connectivity index is 0.00000341. The summed E-state index contributed by atoms with van der Waals surface area (Å²) in [5.41, 5.74) is 1.71. The van der Waals surface area contributed by atoms with Crippen molar-refractivity contribution in [3.63, 3.8) is 0 Å². The number of rotatable bonds is 8. The topological polar surface area (TPSA) is 81.6 Å². The molecule has 0 spiro atoms. The number of ether oxygens (including phenoxy) is 2. The first-order valence-electron chi connectivity index (χ1n) is 10.4. The number of halogens is 1. The molecule has 0 unspecified atom stereocenters. The monoisotopic (exact) mass is 449 g/mol. The van der Waals surface area contributed by atoms with Gasteiger partial charge in [-0.2, -0.15) is 0 Å². The summed E-state index contributed by atoms with van der Waals surface area (Å²) in [6, 6.07) is 7.54. The molecule has 2 heterocycles. The van der Waals surface area contributed by atoms with E-state index < -0.39 is 0 Å². The standard InChI is InChI=1S/C23H31N3O4.ClH/c1-16-8-12-26(13-9-17-4-5-19(29-2)20(14-17)30-3)23(28)21(16)22(27)25-15-18-6-10-24-11-7-18;/h4-5,8,12,14,18,24H,6-7,9-11,13,15H2,1-3H3,(H,25,27);1H. The molecule has 1 aromatic carbocycles. The second kappa shape index (κ2) is 11.8. The quantitative estimate of drug-likeness (QED) is 0.647. The van der Waals surface area contributed by atoms with E-state index in [1.54, 1.807) is 31.9 Å². The Kier molecular flexibility index (Phi) is 9.40. The molecule has 170 valence electrons. The number of benzene rings is 1. The number of aromatic nitrogens is 1. The summed E-state index contributed by atoms with van der Waals surface area (Å²) in [5.74, 6) is 1.51. The Bertz CT molecular complexity index is 939. The van der Waals surface area contributed by atoms with E-state index in [-0.39, 0.29) is 29.4 Å². The van der Waals surface area contributed by atoms with Crippen LogP contribution in [0.5, 0.6) is 11.5 Å². The second-order valence-corrected chi connectivity index (χ2v) is 7.72. The maximum atomic E-state index is 13.0. The van der Waals surface area contributed by atoms with Gasteiger partial charge in [0.25, 0.3) is 11.5 Å². The number of pyridine rings is 1. The SMILES string of the molecule is COc1ccc(CCn2ccc(C)c(C(=O)NCC3CCNCC3)c2=O)cc1OC.Cl. The van der Waals surface area contributed by atoms with Crippen molar-refractivity contribution in [2.45, 2.75) is 32.7 Å². The molecule has 1 amide bonds. The summed E-state index contributed by atoms with van der Waals surface area (Å²) in [5, 5.41) is 6.29. The maximum absolute atomic E-state index is 13.0. The van der Waals surface area contributed by atoms with Gasteiger partial charge in [0.2, 0.25) is 0 Å². The summed E-state index contributed by atoms with van der Waals surface area (Å²) in [6.45, 7) is 4.85. The molecule has 2 aromatic rings. The highest BCUT2D eigenvalue weighted by Gasteiger charge is 2.18. The third-order valence-corrected chi connectivity index (χ3v) is 5.70. The Hall–Kier alpha value is -2.51. The fourth-order valence-corrected chi connectivity index (χ4v) is 3.81. The summed E-state index contributed by atoms with van der Waals surface area (Å²) in [6.07, 6.45) is 4.48. The molecule has 3 rings (SSSR count). The molecular weight excluding hydrogens is 418 g/mol. The van der Waals surface area contributed by atoms with E-state index >= 15 is 0 Å². The second-order valence-electron chi connectivity index (χ2n) is 7.72. The summed E-state index contributed by atoms with van der Waals surface area (Å²) in [7, 11) is 3.20. The van der Waals surface area contributed by atoms with Gasteiger partial charge in [-0.15, -0.1) is 12.4 Å². The molecule has 31 heavy (non-hydrogen) atoms. The van der Waals surface area contributed by atoms with Gasteiger partial charge in [-0.3, -0.25) is 9.59 Å². The molecule has 0 bridgehead atoms. The highest BCUT2D eigenvalue weighted by atomic mass is 35.5. The molecule has 7 nitrogen and oxygen atoms in total. The highest BCUT2D eigenvalue weighted by molar-refractivity contribution is 5.95. The van der Waals surface area contributed by atoms with Crippen molar-refractivity contribution >= 4 is 18.3 Å². The van der Waals surface area contributed by atoms with Crippen LogP contribution < -0.4 is 25.7 Å². The Morgan fingerprint density at radius 2 is 1.87 bits per heavy atom. The number of piperidine rings is 1. The number of methoxy groups -OCH3 is 2. The smallest absolute Gasteiger partial charge is 0.263 e. The zero-order valence-corrected chi connectivity index (χ0v) is 19.2. The van der Waals surface area contributed by atoms with Crippen molar-refractivity contribution in [3.05, 3.63) is 57.5 Å². The Morgan fingerprint density at radius 1 is 1.16 bits per heavy atom. The lowest BCUT2D eigenvalue weighted by Crippen LogP contribution is -2.39. The number of nitrogens with one attached hydrogen (secondary N) is 2. The molecule has 0 radical (unpaired) electrons. The molecule has 1 saturated heterocycles. The van der Waals surface area contributed by atoms with Gasteiger partial charge in [0.05, 0.1) is 14.2 Å². The number of nitrogens with zero attached hydrogens (tertiary/aromatic N) is 1. The van der Waals surface area contributed by atoms with Crippen LogP contribution in [0.25, 0.3) is 0 Å². The van der Waals surface area contributed by atoms with Crippen LogP contribution in [-0.2, 0) is 13.0 Å². The number of hydrogen-bond acceptors (Lipinski definition) is 5. The fraction of sp³-hybridized carbons (Fsp3) is 0.478. The molecule has 8 heteroatoms. The van der Waals surface area contributed by atoms with Crippen molar-refractivity contribution in [2.75, 3.05) is 33.9 Å². The van der Waals surface area contributed by atoms with Gasteiger partial charge in [-0.25, -0.2) is 0 Å². The molecule has 1 fully saturated rings. The normalized spacial score (nSPS) is 13.9. The van der Waals surface area contributed by atoms with Crippen LogP contribution in [0.4, 0.5) is 0 Å². The fourth-order valence-electron chi connectivity index (χ4n) is 3.81. The van der Waals surface area contributed by atoms with Gasteiger partial charge in [0.1, 0.15) is 5.56 Å². The first-order valence-corrected chi connectivity index (χ1v) is 10.4. The van der Waals surface area contributed by atoms with Gasteiger partial charge < -0.3 is 24.7 Å². The summed E-state index contributed by atoms with van der Waals surface area (Å²) >= 11 is 0. The van der Waals surface area contributed by atoms with Crippen LogP contribution in [0, 0.1) is 12.8 Å². The Labute approximate surface area is 189 Å². The van der Waals surface area contributed by atoms with Crippen LogP contribution in [0.3, 0.4) is 0 Å². The minimum absolute atomic E-state index is 0. The molecular formula is C23H32ClN3O4. The molecule has 2 N–H and O–H groups in total. The number of aryl methyl sites for hydroxylation is 3. The zero-order chi connectivity index (χ0) is 21.5. The van der Waals surface area contributed by atoms with E-state index in [0.29, 0.717) is 42.5 Å². The lowest BCUT2D eigenvalue weighted by Gasteiger charge is -2.22. The minimum atomic E-state index is -0.281. The number of amides is 1. The van der Waals surface area contributed by atoms with E-state index in [0.717, 1.165) is 31.5 Å². The van der Waals surface area contributed by atoms with Crippen LogP contribution in [-0.4, -0.2) is 44.3 Å². The average Bonchev–Trinajstić information content (AvgIpc) is 2.77. The number of carbonyl (C=O) groups excluding carboxylic acids is 1. The van der Waals surface area contributed by atoms with Crippen molar-refractivity contribution in [1.29, 1.82) is 0 Å². The third kappa shape index (κ3) is 6.24.